The van der Waals surface area contributed by atoms with E-state index in [-0.39, 0.29) is 41.5 Å². The predicted molar refractivity (Wildman–Crippen MR) is 191 cm³/mol. The van der Waals surface area contributed by atoms with Crippen LogP contribution in [0.25, 0.3) is 11.3 Å². The Bertz CT molecular complexity index is 1780. The van der Waals surface area contributed by atoms with Crippen molar-refractivity contribution >= 4 is 29.5 Å². The quantitative estimate of drug-likeness (QED) is 0.212. The number of fused-ring (bicyclic) bond motifs is 1. The van der Waals surface area contributed by atoms with Gasteiger partial charge >= 0.3 is 12.2 Å². The van der Waals surface area contributed by atoms with Crippen molar-refractivity contribution in [2.75, 3.05) is 38.7 Å². The Kier molecular flexibility index (Phi) is 11.0. The summed E-state index contributed by atoms with van der Waals surface area (Å²) in [7, 11) is 1.36. The van der Waals surface area contributed by atoms with Crippen LogP contribution in [-0.4, -0.2) is 82.4 Å². The maximum atomic E-state index is 14.9. The molecule has 1 saturated heterocycles. The van der Waals surface area contributed by atoms with E-state index in [1.54, 1.807) is 56.3 Å². The standard InChI is InChI=1S/C38H48FN5O7/c1-9-12-24-21-44(36(47)51-38(5,6)7)34(45)29-30(24)42-31(32(29)41-27-15-10-14-26(39)33(27)48-8)25-16-17-40-19-28(25)49-22-23-13-11-18-43(20-23)35(46)50-37(2,3)4/h9-10,14-17,19,23-24,41-42H,1,11-13,18,20-22H2,2-8H3. The highest BCUT2D eigenvalue weighted by Crippen LogP contribution is 2.46. The van der Waals surface area contributed by atoms with Gasteiger partial charge in [-0.15, -0.1) is 6.58 Å². The monoisotopic (exact) mass is 705 g/mol. The Balaban J connectivity index is 1.55. The third-order valence-electron chi connectivity index (χ3n) is 8.49. The van der Waals surface area contributed by atoms with Gasteiger partial charge in [-0.25, -0.2) is 18.9 Å². The number of rotatable bonds is 9. The summed E-state index contributed by atoms with van der Waals surface area (Å²) in [6, 6.07) is 6.19. The summed E-state index contributed by atoms with van der Waals surface area (Å²) in [6.45, 7) is 16.1. The first kappa shape index (κ1) is 37.2. The smallest absolute Gasteiger partial charge is 0.417 e. The molecule has 2 aliphatic rings. The molecular formula is C38H48FN5O7. The van der Waals surface area contributed by atoms with Gasteiger partial charge in [0.2, 0.25) is 0 Å². The summed E-state index contributed by atoms with van der Waals surface area (Å²) in [5.41, 5.74) is 0.949. The van der Waals surface area contributed by atoms with Crippen LogP contribution in [0, 0.1) is 11.7 Å². The number of allylic oxidation sites excluding steroid dienone is 1. The van der Waals surface area contributed by atoms with Crippen LogP contribution in [0.15, 0.2) is 49.3 Å². The Hall–Kier alpha value is -5.07. The molecule has 2 unspecified atom stereocenters. The van der Waals surface area contributed by atoms with Crippen LogP contribution in [0.3, 0.4) is 0 Å². The summed E-state index contributed by atoms with van der Waals surface area (Å²) >= 11 is 0. The molecule has 51 heavy (non-hydrogen) atoms. The van der Waals surface area contributed by atoms with E-state index < -0.39 is 29.0 Å². The van der Waals surface area contributed by atoms with Crippen LogP contribution in [0.4, 0.5) is 25.4 Å². The number of anilines is 2. The SMILES string of the molecule is C=CCC1CN(C(=O)OC(C)(C)C)C(=O)c2c1[nH]c(-c1ccncc1OCC1CCCN(C(=O)OC(C)(C)C)C1)c2Nc1cccc(F)c1OC. The molecule has 12 nitrogen and oxygen atoms in total. The molecule has 3 amide bonds. The summed E-state index contributed by atoms with van der Waals surface area (Å²) in [4.78, 5) is 51.1. The van der Waals surface area contributed by atoms with E-state index in [1.807, 2.05) is 20.8 Å². The van der Waals surface area contributed by atoms with E-state index >= 15 is 0 Å². The number of nitrogens with zero attached hydrogens (tertiary/aromatic N) is 3. The molecule has 0 spiro atoms. The van der Waals surface area contributed by atoms with E-state index in [1.165, 1.54) is 19.2 Å². The minimum Gasteiger partial charge on any atom is -0.492 e. The summed E-state index contributed by atoms with van der Waals surface area (Å²) in [5, 5.41) is 3.25. The number of nitrogens with one attached hydrogen (secondary N) is 2. The molecule has 5 rings (SSSR count). The molecule has 1 fully saturated rings. The van der Waals surface area contributed by atoms with Crippen LogP contribution >= 0.6 is 0 Å². The number of carbonyl (C=O) groups is 3. The molecule has 2 aliphatic heterocycles. The number of benzene rings is 1. The lowest BCUT2D eigenvalue weighted by molar-refractivity contribution is 0.0137. The number of piperidine rings is 1. The van der Waals surface area contributed by atoms with Crippen LogP contribution in [0.2, 0.25) is 0 Å². The van der Waals surface area contributed by atoms with Gasteiger partial charge in [0.25, 0.3) is 5.91 Å². The summed E-state index contributed by atoms with van der Waals surface area (Å²) in [6.07, 6.45) is 5.90. The maximum Gasteiger partial charge on any atom is 0.417 e. The summed E-state index contributed by atoms with van der Waals surface area (Å²) < 4.78 is 38.0. The molecule has 2 N–H and O–H groups in total. The van der Waals surface area contributed by atoms with Crippen molar-refractivity contribution in [3.05, 3.63) is 66.4 Å². The number of aromatic nitrogens is 2. The minimum atomic E-state index is -0.837. The number of methoxy groups -OCH3 is 1. The van der Waals surface area contributed by atoms with E-state index in [9.17, 15) is 18.8 Å². The molecule has 13 heteroatoms. The fraction of sp³-hybridized carbons (Fsp3) is 0.474. The number of carbonyl (C=O) groups excluding carboxylic acids is 3. The number of likely N-dealkylation sites (tertiary alicyclic amines) is 1. The lowest BCUT2D eigenvalue weighted by Crippen LogP contribution is -2.46. The van der Waals surface area contributed by atoms with Crippen molar-refractivity contribution in [1.29, 1.82) is 0 Å². The average Bonchev–Trinajstić information content (AvgIpc) is 3.43. The van der Waals surface area contributed by atoms with E-state index in [0.717, 1.165) is 17.7 Å². The third kappa shape index (κ3) is 8.63. The normalized spacial score (nSPS) is 17.8. The maximum absolute atomic E-state index is 14.9. The number of pyridine rings is 1. The molecular weight excluding hydrogens is 657 g/mol. The predicted octanol–water partition coefficient (Wildman–Crippen LogP) is 8.04. The Labute approximate surface area is 298 Å². The molecule has 1 aromatic carbocycles. The second kappa shape index (κ2) is 15.0. The number of para-hydroxylation sites is 1. The number of amides is 3. The van der Waals surface area contributed by atoms with Gasteiger partial charge in [-0.1, -0.05) is 12.1 Å². The molecule has 4 heterocycles. The van der Waals surface area contributed by atoms with Crippen LogP contribution in [-0.2, 0) is 9.47 Å². The lowest BCUT2D eigenvalue weighted by Gasteiger charge is -2.34. The van der Waals surface area contributed by atoms with Crippen LogP contribution in [0.5, 0.6) is 11.5 Å². The first-order chi connectivity index (χ1) is 24.1. The van der Waals surface area contributed by atoms with Gasteiger partial charge in [-0.2, -0.15) is 0 Å². The molecule has 3 aromatic rings. The highest BCUT2D eigenvalue weighted by Gasteiger charge is 2.41. The minimum absolute atomic E-state index is 0.0336. The Morgan fingerprint density at radius 2 is 1.82 bits per heavy atom. The fourth-order valence-corrected chi connectivity index (χ4v) is 6.32. The van der Waals surface area contributed by atoms with Crippen molar-refractivity contribution in [3.8, 4) is 22.8 Å². The molecule has 2 aromatic heterocycles. The van der Waals surface area contributed by atoms with Gasteiger partial charge in [0.05, 0.1) is 42.5 Å². The van der Waals surface area contributed by atoms with E-state index in [2.05, 4.69) is 21.9 Å². The van der Waals surface area contributed by atoms with Crippen molar-refractivity contribution in [3.63, 3.8) is 0 Å². The van der Waals surface area contributed by atoms with Gasteiger partial charge < -0.3 is 34.1 Å². The first-order valence-corrected chi connectivity index (χ1v) is 17.2. The van der Waals surface area contributed by atoms with Gasteiger partial charge in [0.15, 0.2) is 11.6 Å². The Morgan fingerprint density at radius 1 is 1.10 bits per heavy atom. The van der Waals surface area contributed by atoms with Gasteiger partial charge in [0.1, 0.15) is 17.0 Å². The molecule has 0 radical (unpaired) electrons. The molecule has 0 saturated carbocycles. The zero-order valence-electron chi connectivity index (χ0n) is 30.4. The van der Waals surface area contributed by atoms with E-state index in [0.29, 0.717) is 54.5 Å². The van der Waals surface area contributed by atoms with Gasteiger partial charge in [0, 0.05) is 48.9 Å². The van der Waals surface area contributed by atoms with Crippen molar-refractivity contribution in [2.45, 2.75) is 77.9 Å². The highest BCUT2D eigenvalue weighted by molar-refractivity contribution is 6.11. The number of halogens is 1. The van der Waals surface area contributed by atoms with E-state index in [4.69, 9.17) is 18.9 Å². The third-order valence-corrected chi connectivity index (χ3v) is 8.49. The molecule has 2 atom stereocenters. The second-order valence-electron chi connectivity index (χ2n) is 14.8. The number of hydrogen-bond acceptors (Lipinski definition) is 9. The van der Waals surface area contributed by atoms with Gasteiger partial charge in [-0.05, 0) is 79.0 Å². The fourth-order valence-electron chi connectivity index (χ4n) is 6.32. The van der Waals surface area contributed by atoms with Gasteiger partial charge in [-0.3, -0.25) is 9.78 Å². The molecule has 0 bridgehead atoms. The second-order valence-corrected chi connectivity index (χ2v) is 14.8. The molecule has 274 valence electrons. The Morgan fingerprint density at radius 3 is 2.51 bits per heavy atom. The summed E-state index contributed by atoms with van der Waals surface area (Å²) in [5.74, 6) is -1.12. The zero-order chi connectivity index (χ0) is 37.1. The lowest BCUT2D eigenvalue weighted by atomic mass is 9.92. The number of ether oxygens (including phenoxy) is 4. The van der Waals surface area contributed by atoms with Crippen molar-refractivity contribution in [1.82, 2.24) is 19.8 Å². The number of imide groups is 1. The number of aromatic amines is 1. The van der Waals surface area contributed by atoms with Crippen LogP contribution in [0.1, 0.15) is 82.8 Å². The van der Waals surface area contributed by atoms with Crippen molar-refractivity contribution < 1.29 is 37.7 Å². The zero-order valence-corrected chi connectivity index (χ0v) is 30.4. The largest absolute Gasteiger partial charge is 0.492 e. The topological polar surface area (TPSA) is 135 Å². The first-order valence-electron chi connectivity index (χ1n) is 17.2. The van der Waals surface area contributed by atoms with Crippen molar-refractivity contribution in [2.24, 2.45) is 5.92 Å². The van der Waals surface area contributed by atoms with Crippen LogP contribution < -0.4 is 14.8 Å². The highest BCUT2D eigenvalue weighted by atomic mass is 19.1. The average molecular weight is 706 g/mol. The number of H-pyrrole nitrogens is 1. The number of hydrogen-bond donors (Lipinski definition) is 2. The molecule has 0 aliphatic carbocycles.